The van der Waals surface area contributed by atoms with E-state index in [0.717, 1.165) is 6.92 Å². The number of carbonyl (C=O) groups is 2. The molecule has 2 fully saturated rings. The third-order valence-electron chi connectivity index (χ3n) is 12.5. The molecule has 0 aromatic carbocycles. The Hall–Kier alpha value is -2.76. The predicted octanol–water partition coefficient (Wildman–Crippen LogP) is 0.949. The quantitative estimate of drug-likeness (QED) is 0.166. The SMILES string of the molecule is CCC1OC(=O)CC[C@@H](O)[C@H](O)C[C@H](O)CC(=O)C[C@H](O)[C@](C)(O)[C@@H](O)CC(O[C@@H]2O[C@H](C)[C@@H](O)[C@H](O)[C@@H]2O)/C=C/C=C/C=C/C=C/C=C/C(C)C(O[C@H]2C[C@@H](O)[C@@H](OC)[C@H](C)O2)C1C. The van der Waals surface area contributed by atoms with Crippen molar-refractivity contribution in [2.24, 2.45) is 11.8 Å². The maximum atomic E-state index is 13.1. The standard InChI is InChI=1S/C47H76O18/c1-8-36-27(3)44(65-40-25-35(52)45(60-7)29(5)61-40)26(2)17-15-13-11-9-10-12-14-16-18-32(63-46-43(58)42(57)41(56)28(4)62-46)24-38(54)47(6,59)37(53)23-31(49)21-30(48)22-34(51)33(50)19-20-39(55)64-36/h9-18,26-30,32-38,40-46,48,50-54,56-59H,8,19-25H2,1-7H3/b10-9+,13-11+,14-12+,17-15+,18-16+/t26?,27?,28-,29+,30-,32?,33-,34-,35-,36?,37+,38+,40+,41-,42+,43+,44?,45+,46+,47+/m1/s1. The van der Waals surface area contributed by atoms with E-state index in [9.17, 15) is 60.7 Å². The fourth-order valence-corrected chi connectivity index (χ4v) is 8.18. The molecule has 0 amide bonds. The molecule has 3 heterocycles. The van der Waals surface area contributed by atoms with E-state index in [1.807, 2.05) is 32.9 Å². The van der Waals surface area contributed by atoms with E-state index in [1.165, 1.54) is 20.1 Å². The van der Waals surface area contributed by atoms with Gasteiger partial charge in [-0.2, -0.15) is 0 Å². The normalized spacial score (nSPS) is 45.7. The Morgan fingerprint density at radius 1 is 0.677 bits per heavy atom. The number of cyclic esters (lactones) is 1. The predicted molar refractivity (Wildman–Crippen MR) is 235 cm³/mol. The Bertz CT molecular complexity index is 1570. The average Bonchev–Trinajstić information content (AvgIpc) is 3.24. The Morgan fingerprint density at radius 2 is 1.29 bits per heavy atom. The molecule has 3 aliphatic heterocycles. The minimum atomic E-state index is -2.31. The minimum absolute atomic E-state index is 0.154. The molecule has 0 radical (unpaired) electrons. The number of methoxy groups -OCH3 is 1. The molecule has 0 spiro atoms. The highest BCUT2D eigenvalue weighted by Gasteiger charge is 2.45. The Balaban J connectivity index is 1.90. The summed E-state index contributed by atoms with van der Waals surface area (Å²) in [5, 5.41) is 107. The smallest absolute Gasteiger partial charge is 0.306 e. The molecule has 18 heteroatoms. The number of hydrogen-bond acceptors (Lipinski definition) is 18. The zero-order valence-electron chi connectivity index (χ0n) is 38.6. The van der Waals surface area contributed by atoms with E-state index in [2.05, 4.69) is 0 Å². The first-order chi connectivity index (χ1) is 30.6. The summed E-state index contributed by atoms with van der Waals surface area (Å²) in [5.41, 5.74) is -2.31. The van der Waals surface area contributed by atoms with Gasteiger partial charge in [0.25, 0.3) is 0 Å². The molecule has 18 nitrogen and oxygen atoms in total. The second-order valence-corrected chi connectivity index (χ2v) is 17.8. The van der Waals surface area contributed by atoms with E-state index < -0.39 is 147 Å². The summed E-state index contributed by atoms with van der Waals surface area (Å²) < 4.78 is 35.4. The summed E-state index contributed by atoms with van der Waals surface area (Å²) >= 11 is 0. The first-order valence-electron chi connectivity index (χ1n) is 22.7. The lowest BCUT2D eigenvalue weighted by Crippen LogP contribution is -2.58. The van der Waals surface area contributed by atoms with Crippen molar-refractivity contribution in [3.05, 3.63) is 60.8 Å². The van der Waals surface area contributed by atoms with Gasteiger partial charge in [-0.25, -0.2) is 0 Å². The van der Waals surface area contributed by atoms with Crippen LogP contribution in [0.15, 0.2) is 60.8 Å². The highest BCUT2D eigenvalue weighted by molar-refractivity contribution is 5.79. The number of ether oxygens (including phenoxy) is 6. The Labute approximate surface area is 382 Å². The zero-order chi connectivity index (χ0) is 48.6. The number of hydrogen-bond donors (Lipinski definition) is 10. The van der Waals surface area contributed by atoms with Crippen LogP contribution in [0.25, 0.3) is 0 Å². The number of carbonyl (C=O) groups excluding carboxylic acids is 2. The van der Waals surface area contributed by atoms with Crippen LogP contribution in [0.4, 0.5) is 0 Å². The van der Waals surface area contributed by atoms with Crippen molar-refractivity contribution in [1.82, 2.24) is 0 Å². The number of Topliss-reactive ketones (excluding diaryl/α,β-unsaturated/α-hetero) is 1. The van der Waals surface area contributed by atoms with Crippen LogP contribution in [-0.2, 0) is 38.0 Å². The molecule has 10 N–H and O–H groups in total. The largest absolute Gasteiger partial charge is 0.462 e. The molecular weight excluding hydrogens is 852 g/mol. The first-order valence-corrected chi connectivity index (χ1v) is 22.7. The van der Waals surface area contributed by atoms with Gasteiger partial charge in [0, 0.05) is 57.5 Å². The third-order valence-corrected chi connectivity index (χ3v) is 12.5. The van der Waals surface area contributed by atoms with Crippen molar-refractivity contribution < 1.29 is 89.1 Å². The van der Waals surface area contributed by atoms with Gasteiger partial charge in [0.15, 0.2) is 12.6 Å². The number of ketones is 1. The van der Waals surface area contributed by atoms with Crippen LogP contribution >= 0.6 is 0 Å². The van der Waals surface area contributed by atoms with Gasteiger partial charge in [-0.1, -0.05) is 81.5 Å². The van der Waals surface area contributed by atoms with E-state index in [1.54, 1.807) is 49.5 Å². The van der Waals surface area contributed by atoms with Gasteiger partial charge in [0.1, 0.15) is 41.9 Å². The summed E-state index contributed by atoms with van der Waals surface area (Å²) in [4.78, 5) is 26.1. The maximum absolute atomic E-state index is 13.1. The van der Waals surface area contributed by atoms with E-state index >= 15 is 0 Å². The number of aliphatic hydroxyl groups excluding tert-OH is 9. The monoisotopic (exact) mass is 929 g/mol. The van der Waals surface area contributed by atoms with E-state index in [4.69, 9.17) is 28.4 Å². The molecule has 372 valence electrons. The number of rotatable bonds is 6. The van der Waals surface area contributed by atoms with Gasteiger partial charge in [-0.15, -0.1) is 0 Å². The average molecular weight is 929 g/mol. The molecule has 2 saturated heterocycles. The fraction of sp³-hybridized carbons (Fsp3) is 0.745. The lowest BCUT2D eigenvalue weighted by atomic mass is 9.85. The molecule has 65 heavy (non-hydrogen) atoms. The zero-order valence-corrected chi connectivity index (χ0v) is 38.6. The number of allylic oxidation sites excluding steroid dienone is 8. The summed E-state index contributed by atoms with van der Waals surface area (Å²) in [6.45, 7) is 10.1. The van der Waals surface area contributed by atoms with Crippen LogP contribution in [0.2, 0.25) is 0 Å². The molecule has 3 rings (SSSR count). The maximum Gasteiger partial charge on any atom is 0.306 e. The molecule has 0 bridgehead atoms. The van der Waals surface area contributed by atoms with Crippen molar-refractivity contribution in [2.75, 3.05) is 7.11 Å². The lowest BCUT2D eigenvalue weighted by Gasteiger charge is -2.41. The van der Waals surface area contributed by atoms with Gasteiger partial charge in [0.05, 0.1) is 61.0 Å². The molecule has 20 atom stereocenters. The highest BCUT2D eigenvalue weighted by Crippen LogP contribution is 2.32. The van der Waals surface area contributed by atoms with Crippen LogP contribution in [0.3, 0.4) is 0 Å². The van der Waals surface area contributed by atoms with Crippen LogP contribution in [0.1, 0.15) is 92.9 Å². The number of aliphatic hydroxyl groups is 10. The highest BCUT2D eigenvalue weighted by atomic mass is 16.7. The van der Waals surface area contributed by atoms with E-state index in [-0.39, 0.29) is 31.1 Å². The molecular formula is C47H76O18. The van der Waals surface area contributed by atoms with Crippen molar-refractivity contribution in [3.8, 4) is 0 Å². The topological polar surface area (TPSA) is 292 Å². The van der Waals surface area contributed by atoms with Crippen LogP contribution < -0.4 is 0 Å². The summed E-state index contributed by atoms with van der Waals surface area (Å²) in [6, 6.07) is 0. The lowest BCUT2D eigenvalue weighted by molar-refractivity contribution is -0.302. The van der Waals surface area contributed by atoms with Crippen molar-refractivity contribution in [2.45, 2.75) is 203 Å². The Morgan fingerprint density at radius 3 is 1.89 bits per heavy atom. The first kappa shape index (κ1) is 56.6. The third kappa shape index (κ3) is 17.4. The van der Waals surface area contributed by atoms with Gasteiger partial charge < -0.3 is 79.5 Å². The molecule has 5 unspecified atom stereocenters. The Kier molecular flexibility index (Phi) is 23.7. The van der Waals surface area contributed by atoms with Crippen LogP contribution in [0, 0.1) is 11.8 Å². The summed E-state index contributed by atoms with van der Waals surface area (Å²) in [6.07, 6.45) is -4.91. The van der Waals surface area contributed by atoms with Crippen molar-refractivity contribution in [1.29, 1.82) is 0 Å². The van der Waals surface area contributed by atoms with Gasteiger partial charge in [-0.3, -0.25) is 9.59 Å². The summed E-state index contributed by atoms with van der Waals surface area (Å²) in [5.74, 6) is -2.00. The van der Waals surface area contributed by atoms with E-state index in [0.29, 0.717) is 6.42 Å². The van der Waals surface area contributed by atoms with Crippen molar-refractivity contribution in [3.63, 3.8) is 0 Å². The number of esters is 1. The van der Waals surface area contributed by atoms with Gasteiger partial charge >= 0.3 is 5.97 Å². The fourth-order valence-electron chi connectivity index (χ4n) is 8.18. The summed E-state index contributed by atoms with van der Waals surface area (Å²) in [7, 11) is 1.50. The van der Waals surface area contributed by atoms with Crippen molar-refractivity contribution >= 4 is 11.8 Å². The molecule has 0 aromatic rings. The molecule has 0 aliphatic carbocycles. The molecule has 0 saturated carbocycles. The second kappa shape index (κ2) is 27.3. The van der Waals surface area contributed by atoms with Crippen LogP contribution in [-0.4, -0.2) is 180 Å². The van der Waals surface area contributed by atoms with Gasteiger partial charge in [0.2, 0.25) is 0 Å². The second-order valence-electron chi connectivity index (χ2n) is 17.8. The molecule has 3 aliphatic rings. The minimum Gasteiger partial charge on any atom is -0.462 e. The van der Waals surface area contributed by atoms with Gasteiger partial charge in [-0.05, 0) is 33.6 Å². The van der Waals surface area contributed by atoms with Crippen LogP contribution in [0.5, 0.6) is 0 Å². The molecule has 0 aromatic heterocycles.